The second-order valence-electron chi connectivity index (χ2n) is 9.11. The number of carbonyl (C=O) groups is 1. The van der Waals surface area contributed by atoms with Gasteiger partial charge in [-0.05, 0) is 51.7 Å². The Morgan fingerprint density at radius 2 is 1.68 bits per heavy atom. The quantitative estimate of drug-likeness (QED) is 0.401. The van der Waals surface area contributed by atoms with E-state index in [2.05, 4.69) is 50.3 Å². The molecule has 0 bridgehead atoms. The fraction of sp³-hybridized carbons (Fsp3) is 0.222. The van der Waals surface area contributed by atoms with Crippen molar-refractivity contribution in [3.8, 4) is 16.9 Å². The van der Waals surface area contributed by atoms with Crippen molar-refractivity contribution in [2.45, 2.75) is 6.54 Å². The van der Waals surface area contributed by atoms with Crippen LogP contribution in [-0.4, -0.2) is 67.0 Å². The number of benzene rings is 3. The van der Waals surface area contributed by atoms with Crippen molar-refractivity contribution >= 4 is 32.5 Å². The summed E-state index contributed by atoms with van der Waals surface area (Å²) in [5, 5.41) is 20.3. The molecule has 190 valence electrons. The van der Waals surface area contributed by atoms with Crippen molar-refractivity contribution in [1.29, 1.82) is 0 Å². The van der Waals surface area contributed by atoms with Gasteiger partial charge in [-0.25, -0.2) is 13.1 Å². The number of amides is 1. The molecule has 2 N–H and O–H groups in total. The molecule has 1 amide bonds. The maximum atomic E-state index is 11.9. The molecule has 9 nitrogen and oxygen atoms in total. The van der Waals surface area contributed by atoms with Crippen LogP contribution in [0.25, 0.3) is 21.9 Å². The van der Waals surface area contributed by atoms with Crippen molar-refractivity contribution in [2.75, 3.05) is 37.3 Å². The summed E-state index contributed by atoms with van der Waals surface area (Å²) in [5.41, 5.74) is 3.27. The molecule has 1 fully saturated rings. The molecule has 1 aliphatic heterocycles. The number of aromatic hydroxyl groups is 1. The Morgan fingerprint density at radius 1 is 0.919 bits per heavy atom. The molecule has 1 aliphatic rings. The standard InChI is InChI=1S/C27H27N5O4S/c1-37(35,36)30-27(34)25-11-12-26(29-28-25)32-15-13-31(14-16-32)18-20-9-10-23(19-5-4-6-21(33)17-19)24-8-3-2-7-22(20)24/h2-12,17,33H,13-16,18H2,1H3,(H,30,34). The fourth-order valence-electron chi connectivity index (χ4n) is 4.64. The van der Waals surface area contributed by atoms with Gasteiger partial charge in [-0.2, -0.15) is 0 Å². The first kappa shape index (κ1) is 24.7. The van der Waals surface area contributed by atoms with Gasteiger partial charge in [0.2, 0.25) is 10.0 Å². The highest BCUT2D eigenvalue weighted by Gasteiger charge is 2.21. The zero-order valence-electron chi connectivity index (χ0n) is 20.3. The van der Waals surface area contributed by atoms with E-state index < -0.39 is 15.9 Å². The topological polar surface area (TPSA) is 116 Å². The van der Waals surface area contributed by atoms with E-state index in [4.69, 9.17) is 0 Å². The highest BCUT2D eigenvalue weighted by Crippen LogP contribution is 2.33. The number of hydrogen-bond donors (Lipinski definition) is 2. The number of hydrogen-bond acceptors (Lipinski definition) is 8. The van der Waals surface area contributed by atoms with E-state index in [0.717, 1.165) is 55.5 Å². The molecule has 4 aromatic rings. The van der Waals surface area contributed by atoms with Gasteiger partial charge in [0.1, 0.15) is 5.75 Å². The van der Waals surface area contributed by atoms with Crippen LogP contribution in [-0.2, 0) is 16.6 Å². The van der Waals surface area contributed by atoms with Crippen LogP contribution in [0, 0.1) is 0 Å². The third-order valence-electron chi connectivity index (χ3n) is 6.42. The first-order valence-electron chi connectivity index (χ1n) is 11.9. The average molecular weight is 518 g/mol. The third-order valence-corrected chi connectivity index (χ3v) is 6.98. The monoisotopic (exact) mass is 517 g/mol. The summed E-state index contributed by atoms with van der Waals surface area (Å²) in [6, 6.07) is 23.1. The average Bonchev–Trinajstić information content (AvgIpc) is 2.88. The molecule has 0 spiro atoms. The van der Waals surface area contributed by atoms with Crippen LogP contribution in [0.3, 0.4) is 0 Å². The molecule has 10 heteroatoms. The van der Waals surface area contributed by atoms with Crippen molar-refractivity contribution < 1.29 is 18.3 Å². The molecule has 0 atom stereocenters. The Labute approximate surface area is 215 Å². The van der Waals surface area contributed by atoms with Gasteiger partial charge in [0.05, 0.1) is 6.26 Å². The van der Waals surface area contributed by atoms with E-state index in [1.165, 1.54) is 17.0 Å². The number of carbonyl (C=O) groups excluding carboxylic acids is 1. The summed E-state index contributed by atoms with van der Waals surface area (Å²) in [6.07, 6.45) is 0.915. The number of phenols is 1. The zero-order chi connectivity index (χ0) is 26.0. The molecule has 3 aromatic carbocycles. The predicted molar refractivity (Wildman–Crippen MR) is 143 cm³/mol. The Morgan fingerprint density at radius 3 is 2.35 bits per heavy atom. The maximum absolute atomic E-state index is 11.9. The van der Waals surface area contributed by atoms with Gasteiger partial charge in [0.25, 0.3) is 5.91 Å². The summed E-state index contributed by atoms with van der Waals surface area (Å²) in [4.78, 5) is 16.4. The van der Waals surface area contributed by atoms with E-state index >= 15 is 0 Å². The lowest BCUT2D eigenvalue weighted by Crippen LogP contribution is -2.46. The molecule has 0 aliphatic carbocycles. The molecule has 1 saturated heterocycles. The molecular formula is C27H27N5O4S. The highest BCUT2D eigenvalue weighted by molar-refractivity contribution is 7.89. The number of phenolic OH excluding ortho intramolecular Hbond substituents is 1. The third kappa shape index (κ3) is 5.71. The van der Waals surface area contributed by atoms with Gasteiger partial charge in [0, 0.05) is 32.7 Å². The van der Waals surface area contributed by atoms with Crippen molar-refractivity contribution in [3.63, 3.8) is 0 Å². The number of piperazine rings is 1. The molecular weight excluding hydrogens is 490 g/mol. The molecule has 37 heavy (non-hydrogen) atoms. The Kier molecular flexibility index (Phi) is 6.77. The number of sulfonamides is 1. The molecule has 2 heterocycles. The van der Waals surface area contributed by atoms with Crippen LogP contribution in [0.2, 0.25) is 0 Å². The first-order valence-corrected chi connectivity index (χ1v) is 13.8. The van der Waals surface area contributed by atoms with Crippen molar-refractivity contribution in [3.05, 3.63) is 84.1 Å². The van der Waals surface area contributed by atoms with Gasteiger partial charge in [-0.15, -0.1) is 10.2 Å². The smallest absolute Gasteiger partial charge is 0.285 e. The molecule has 0 radical (unpaired) electrons. The van der Waals surface area contributed by atoms with E-state index in [-0.39, 0.29) is 11.4 Å². The van der Waals surface area contributed by atoms with E-state index in [0.29, 0.717) is 5.82 Å². The van der Waals surface area contributed by atoms with Gasteiger partial charge in [-0.3, -0.25) is 9.69 Å². The number of rotatable bonds is 6. The largest absolute Gasteiger partial charge is 0.508 e. The zero-order valence-corrected chi connectivity index (χ0v) is 21.1. The fourth-order valence-corrected chi connectivity index (χ4v) is 5.08. The summed E-state index contributed by atoms with van der Waals surface area (Å²) in [6.45, 7) is 3.98. The minimum Gasteiger partial charge on any atom is -0.508 e. The molecule has 5 rings (SSSR count). The van der Waals surface area contributed by atoms with E-state index in [1.807, 2.05) is 22.9 Å². The van der Waals surface area contributed by atoms with Crippen LogP contribution in [0.5, 0.6) is 5.75 Å². The Bertz CT molecular complexity index is 1550. The maximum Gasteiger partial charge on any atom is 0.285 e. The van der Waals surface area contributed by atoms with E-state index in [9.17, 15) is 18.3 Å². The lowest BCUT2D eigenvalue weighted by molar-refractivity contribution is 0.0976. The van der Waals surface area contributed by atoms with Gasteiger partial charge < -0.3 is 10.0 Å². The lowest BCUT2D eigenvalue weighted by Gasteiger charge is -2.35. The molecule has 0 unspecified atom stereocenters. The Hall–Kier alpha value is -4.02. The van der Waals surface area contributed by atoms with E-state index in [1.54, 1.807) is 18.2 Å². The summed E-state index contributed by atoms with van der Waals surface area (Å²) in [5.74, 6) is 0.102. The highest BCUT2D eigenvalue weighted by atomic mass is 32.2. The van der Waals surface area contributed by atoms with Gasteiger partial charge in [0.15, 0.2) is 11.5 Å². The molecule has 0 saturated carbocycles. The summed E-state index contributed by atoms with van der Waals surface area (Å²) < 4.78 is 24.4. The first-order chi connectivity index (χ1) is 17.8. The minimum atomic E-state index is -3.66. The number of anilines is 1. The van der Waals surface area contributed by atoms with Crippen molar-refractivity contribution in [2.24, 2.45) is 0 Å². The number of nitrogens with zero attached hydrogens (tertiary/aromatic N) is 4. The number of aromatic nitrogens is 2. The number of fused-ring (bicyclic) bond motifs is 1. The normalized spacial score (nSPS) is 14.6. The number of nitrogens with one attached hydrogen (secondary N) is 1. The van der Waals surface area contributed by atoms with Crippen LogP contribution in [0.4, 0.5) is 5.82 Å². The van der Waals surface area contributed by atoms with Crippen LogP contribution < -0.4 is 9.62 Å². The lowest BCUT2D eigenvalue weighted by atomic mass is 9.94. The predicted octanol–water partition coefficient (Wildman–Crippen LogP) is 3.01. The molecule has 1 aromatic heterocycles. The van der Waals surface area contributed by atoms with Crippen LogP contribution >= 0.6 is 0 Å². The van der Waals surface area contributed by atoms with Gasteiger partial charge in [-0.1, -0.05) is 48.5 Å². The van der Waals surface area contributed by atoms with Crippen LogP contribution in [0.15, 0.2) is 72.8 Å². The summed E-state index contributed by atoms with van der Waals surface area (Å²) >= 11 is 0. The second kappa shape index (κ2) is 10.2. The minimum absolute atomic E-state index is 0.0474. The van der Waals surface area contributed by atoms with Crippen molar-refractivity contribution in [1.82, 2.24) is 19.8 Å². The SMILES string of the molecule is CS(=O)(=O)NC(=O)c1ccc(N2CCN(Cc3ccc(-c4cccc(O)c4)c4ccccc34)CC2)nn1. The summed E-state index contributed by atoms with van der Waals surface area (Å²) in [7, 11) is -3.66. The van der Waals surface area contributed by atoms with Crippen LogP contribution in [0.1, 0.15) is 16.1 Å². The Balaban J connectivity index is 1.26. The second-order valence-corrected chi connectivity index (χ2v) is 10.9. The van der Waals surface area contributed by atoms with Gasteiger partial charge >= 0.3 is 0 Å².